The third kappa shape index (κ3) is 2.96. The fraction of sp³-hybridized carbons (Fsp3) is 0.400. The molecule has 1 atom stereocenters. The Labute approximate surface area is 91.3 Å². The molecule has 0 unspecified atom stereocenters. The fourth-order valence-electron chi connectivity index (χ4n) is 1.09. The van der Waals surface area contributed by atoms with Crippen molar-refractivity contribution >= 4 is 21.6 Å². The predicted octanol–water partition coefficient (Wildman–Crippen LogP) is 2.69. The third-order valence-corrected chi connectivity index (χ3v) is 2.46. The van der Waals surface area contributed by atoms with Crippen molar-refractivity contribution < 1.29 is 9.50 Å². The first-order valence-corrected chi connectivity index (χ1v) is 5.17. The molecular formula is C10H13BrFNO. The number of nitrogens with one attached hydrogen (secondary N) is 1. The molecule has 1 rings (SSSR count). The van der Waals surface area contributed by atoms with Crippen LogP contribution in [0.15, 0.2) is 16.6 Å². The Morgan fingerprint density at radius 3 is 2.79 bits per heavy atom. The Kier molecular flexibility index (Phi) is 3.89. The molecule has 0 heterocycles. The van der Waals surface area contributed by atoms with Crippen LogP contribution >= 0.6 is 15.9 Å². The summed E-state index contributed by atoms with van der Waals surface area (Å²) in [6.07, 6.45) is -0.443. The molecular weight excluding hydrogens is 249 g/mol. The van der Waals surface area contributed by atoms with Crippen LogP contribution in [0.4, 0.5) is 10.1 Å². The van der Waals surface area contributed by atoms with Crippen LogP contribution < -0.4 is 5.32 Å². The smallest absolute Gasteiger partial charge is 0.139 e. The van der Waals surface area contributed by atoms with Gasteiger partial charge in [0, 0.05) is 12.2 Å². The van der Waals surface area contributed by atoms with Crippen LogP contribution in [0.3, 0.4) is 0 Å². The lowest BCUT2D eigenvalue weighted by atomic mass is 10.2. The minimum absolute atomic E-state index is 0.302. The first kappa shape index (κ1) is 11.5. The maximum atomic E-state index is 13.1. The van der Waals surface area contributed by atoms with Gasteiger partial charge in [0.2, 0.25) is 0 Å². The minimum atomic E-state index is -0.443. The largest absolute Gasteiger partial charge is 0.392 e. The highest BCUT2D eigenvalue weighted by atomic mass is 79.9. The molecule has 0 spiro atoms. The van der Waals surface area contributed by atoms with Crippen molar-refractivity contribution in [3.05, 3.63) is 28.0 Å². The summed E-state index contributed by atoms with van der Waals surface area (Å²) in [5.41, 5.74) is 1.66. The Bertz CT molecular complexity index is 328. The van der Waals surface area contributed by atoms with Crippen molar-refractivity contribution in [2.24, 2.45) is 0 Å². The SMILES string of the molecule is Cc1cc(Br)c(F)cc1NC[C@H](C)O. The fourth-order valence-corrected chi connectivity index (χ4v) is 1.55. The van der Waals surface area contributed by atoms with Gasteiger partial charge in [0.05, 0.1) is 10.6 Å². The molecule has 0 radical (unpaired) electrons. The lowest BCUT2D eigenvalue weighted by molar-refractivity contribution is 0.208. The number of hydrogen-bond acceptors (Lipinski definition) is 2. The summed E-state index contributed by atoms with van der Waals surface area (Å²) in [7, 11) is 0. The summed E-state index contributed by atoms with van der Waals surface area (Å²) in [6.45, 7) is 3.98. The highest BCUT2D eigenvalue weighted by molar-refractivity contribution is 9.10. The maximum absolute atomic E-state index is 13.1. The Morgan fingerprint density at radius 2 is 2.21 bits per heavy atom. The Hall–Kier alpha value is -0.610. The molecule has 0 saturated carbocycles. The number of rotatable bonds is 3. The average Bonchev–Trinajstić information content (AvgIpc) is 2.09. The normalized spacial score (nSPS) is 12.6. The number of aryl methyl sites for hydroxylation is 1. The van der Waals surface area contributed by atoms with Crippen LogP contribution in [0, 0.1) is 12.7 Å². The van der Waals surface area contributed by atoms with Crippen LogP contribution in [-0.2, 0) is 0 Å². The number of hydrogen-bond donors (Lipinski definition) is 2. The van der Waals surface area contributed by atoms with Crippen LogP contribution in [-0.4, -0.2) is 17.8 Å². The number of benzene rings is 1. The van der Waals surface area contributed by atoms with E-state index in [2.05, 4.69) is 21.2 Å². The van der Waals surface area contributed by atoms with Crippen molar-refractivity contribution in [3.8, 4) is 0 Å². The first-order valence-electron chi connectivity index (χ1n) is 4.38. The second-order valence-electron chi connectivity index (χ2n) is 3.31. The first-order chi connectivity index (χ1) is 6.50. The Balaban J connectivity index is 2.82. The molecule has 0 saturated heterocycles. The molecule has 0 fully saturated rings. The zero-order valence-corrected chi connectivity index (χ0v) is 9.73. The topological polar surface area (TPSA) is 32.3 Å². The van der Waals surface area contributed by atoms with Gasteiger partial charge in [-0.2, -0.15) is 0 Å². The van der Waals surface area contributed by atoms with Crippen LogP contribution in [0.2, 0.25) is 0 Å². The molecule has 0 amide bonds. The van der Waals surface area contributed by atoms with Gasteiger partial charge >= 0.3 is 0 Å². The van der Waals surface area contributed by atoms with Crippen LogP contribution in [0.1, 0.15) is 12.5 Å². The van der Waals surface area contributed by atoms with E-state index >= 15 is 0 Å². The zero-order chi connectivity index (χ0) is 10.7. The zero-order valence-electron chi connectivity index (χ0n) is 8.14. The molecule has 0 aliphatic heterocycles. The number of anilines is 1. The minimum Gasteiger partial charge on any atom is -0.392 e. The highest BCUT2D eigenvalue weighted by Gasteiger charge is 2.05. The van der Waals surface area contributed by atoms with Gasteiger partial charge in [-0.1, -0.05) is 0 Å². The standard InChI is InChI=1S/C10H13BrFNO/c1-6-3-8(11)9(12)4-10(6)13-5-7(2)14/h3-4,7,13-14H,5H2,1-2H3/t7-/m0/s1. The third-order valence-electron chi connectivity index (χ3n) is 1.86. The van der Waals surface area contributed by atoms with Gasteiger partial charge in [-0.25, -0.2) is 4.39 Å². The van der Waals surface area contributed by atoms with Crippen LogP contribution in [0.5, 0.6) is 0 Å². The van der Waals surface area contributed by atoms with Crippen molar-refractivity contribution in [2.45, 2.75) is 20.0 Å². The lowest BCUT2D eigenvalue weighted by Crippen LogP contribution is -2.16. The molecule has 0 aliphatic carbocycles. The molecule has 1 aromatic carbocycles. The van der Waals surface area contributed by atoms with Gasteiger partial charge in [0.25, 0.3) is 0 Å². The van der Waals surface area contributed by atoms with Crippen molar-refractivity contribution in [3.63, 3.8) is 0 Å². The molecule has 1 aromatic rings. The Morgan fingerprint density at radius 1 is 1.57 bits per heavy atom. The van der Waals surface area contributed by atoms with Crippen LogP contribution in [0.25, 0.3) is 0 Å². The summed E-state index contributed by atoms with van der Waals surface area (Å²) >= 11 is 3.11. The van der Waals surface area contributed by atoms with Gasteiger partial charge in [0.1, 0.15) is 5.82 Å². The summed E-state index contributed by atoms with van der Waals surface area (Å²) in [4.78, 5) is 0. The van der Waals surface area contributed by atoms with E-state index in [0.29, 0.717) is 16.7 Å². The maximum Gasteiger partial charge on any atom is 0.139 e. The van der Waals surface area contributed by atoms with E-state index in [9.17, 15) is 4.39 Å². The van der Waals surface area contributed by atoms with Gasteiger partial charge in [-0.3, -0.25) is 0 Å². The molecule has 0 bridgehead atoms. The molecule has 0 aromatic heterocycles. The second-order valence-corrected chi connectivity index (χ2v) is 4.17. The number of halogens is 2. The molecule has 78 valence electrons. The molecule has 2 nitrogen and oxygen atoms in total. The summed E-state index contributed by atoms with van der Waals surface area (Å²) in [6, 6.07) is 3.13. The van der Waals surface area contributed by atoms with E-state index in [0.717, 1.165) is 5.56 Å². The van der Waals surface area contributed by atoms with Gasteiger partial charge in [-0.15, -0.1) is 0 Å². The van der Waals surface area contributed by atoms with E-state index in [-0.39, 0.29) is 5.82 Å². The summed E-state index contributed by atoms with van der Waals surface area (Å²) in [5.74, 6) is -0.302. The van der Waals surface area contributed by atoms with E-state index in [4.69, 9.17) is 5.11 Å². The molecule has 2 N–H and O–H groups in total. The van der Waals surface area contributed by atoms with Gasteiger partial charge in [-0.05, 0) is 47.5 Å². The van der Waals surface area contributed by atoms with Crippen molar-refractivity contribution in [1.29, 1.82) is 0 Å². The highest BCUT2D eigenvalue weighted by Crippen LogP contribution is 2.23. The molecule has 0 aliphatic rings. The molecule has 4 heteroatoms. The van der Waals surface area contributed by atoms with Crippen molar-refractivity contribution in [2.75, 3.05) is 11.9 Å². The van der Waals surface area contributed by atoms with E-state index in [1.165, 1.54) is 6.07 Å². The van der Waals surface area contributed by atoms with E-state index < -0.39 is 6.10 Å². The summed E-state index contributed by atoms with van der Waals surface area (Å²) in [5, 5.41) is 12.0. The molecule has 14 heavy (non-hydrogen) atoms. The van der Waals surface area contributed by atoms with Gasteiger partial charge < -0.3 is 10.4 Å². The van der Waals surface area contributed by atoms with Crippen molar-refractivity contribution in [1.82, 2.24) is 0 Å². The quantitative estimate of drug-likeness (QED) is 0.877. The van der Waals surface area contributed by atoms with Gasteiger partial charge in [0.15, 0.2) is 0 Å². The van der Waals surface area contributed by atoms with E-state index in [1.807, 2.05) is 6.92 Å². The monoisotopic (exact) mass is 261 g/mol. The number of aliphatic hydroxyl groups is 1. The summed E-state index contributed by atoms with van der Waals surface area (Å²) < 4.78 is 13.6. The second kappa shape index (κ2) is 4.75. The predicted molar refractivity (Wildman–Crippen MR) is 59.0 cm³/mol. The van der Waals surface area contributed by atoms with E-state index in [1.54, 1.807) is 13.0 Å². The average molecular weight is 262 g/mol. The number of aliphatic hydroxyl groups excluding tert-OH is 1. The lowest BCUT2D eigenvalue weighted by Gasteiger charge is -2.11.